The van der Waals surface area contributed by atoms with E-state index in [2.05, 4.69) is 25.6 Å². The maximum Gasteiger partial charge on any atom is 0.254 e. The van der Waals surface area contributed by atoms with Gasteiger partial charge in [-0.25, -0.2) is 15.0 Å². The second-order valence-electron chi connectivity index (χ2n) is 9.00. The first-order valence-corrected chi connectivity index (χ1v) is 11.1. The van der Waals surface area contributed by atoms with Gasteiger partial charge in [0.05, 0.1) is 22.9 Å². The number of aromatic nitrogens is 3. The predicted octanol–water partition coefficient (Wildman–Crippen LogP) is 2.28. The number of hydrogen-bond acceptors (Lipinski definition) is 7. The van der Waals surface area contributed by atoms with Crippen LogP contribution < -0.4 is 16.1 Å². The van der Waals surface area contributed by atoms with Gasteiger partial charge in [-0.1, -0.05) is 19.3 Å². The number of rotatable bonds is 3. The van der Waals surface area contributed by atoms with E-state index in [1.807, 2.05) is 6.92 Å². The Morgan fingerprint density at radius 1 is 1.23 bits per heavy atom. The molecule has 164 valence electrons. The number of aryl methyl sites for hydroxylation is 1. The van der Waals surface area contributed by atoms with E-state index in [0.717, 1.165) is 55.2 Å². The zero-order valence-corrected chi connectivity index (χ0v) is 17.6. The van der Waals surface area contributed by atoms with Crippen molar-refractivity contribution in [3.8, 4) is 0 Å². The molecule has 0 bridgehead atoms. The van der Waals surface area contributed by atoms with Gasteiger partial charge in [-0.15, -0.1) is 0 Å². The number of pyridine rings is 1. The van der Waals surface area contributed by atoms with Gasteiger partial charge in [0.15, 0.2) is 11.3 Å². The molecular weight excluding hydrogens is 396 g/mol. The van der Waals surface area contributed by atoms with Crippen LogP contribution >= 0.6 is 0 Å². The fraction of sp³-hybridized carbons (Fsp3) is 0.545. The summed E-state index contributed by atoms with van der Waals surface area (Å²) in [6.07, 6.45) is 8.31. The molecule has 2 aromatic rings. The molecule has 0 unspecified atom stereocenters. The molecule has 1 amide bonds. The molecule has 3 heterocycles. The number of carbonyl (C=O) groups excluding carboxylic acids is 1. The van der Waals surface area contributed by atoms with Crippen molar-refractivity contribution in [1.29, 1.82) is 0 Å². The number of anilines is 1. The first kappa shape index (κ1) is 20.0. The quantitative estimate of drug-likeness (QED) is 0.561. The van der Waals surface area contributed by atoms with Crippen LogP contribution in [0.4, 0.5) is 11.6 Å². The lowest BCUT2D eigenvalue weighted by molar-refractivity contribution is 0.0892. The van der Waals surface area contributed by atoms with Crippen molar-refractivity contribution in [1.82, 2.24) is 20.0 Å². The van der Waals surface area contributed by atoms with Gasteiger partial charge in [0.25, 0.3) is 5.91 Å². The van der Waals surface area contributed by atoms with Crippen LogP contribution in [0.3, 0.4) is 0 Å². The molecule has 2 saturated carbocycles. The largest absolute Gasteiger partial charge is 0.427 e. The highest BCUT2D eigenvalue weighted by atomic mass is 16.5. The Hall–Kier alpha value is -2.94. The highest BCUT2D eigenvalue weighted by Crippen LogP contribution is 2.42. The molecule has 2 aliphatic carbocycles. The minimum atomic E-state index is -0.530. The summed E-state index contributed by atoms with van der Waals surface area (Å²) in [5.41, 5.74) is 1.75. The zero-order valence-electron chi connectivity index (χ0n) is 17.6. The maximum atomic E-state index is 12.7. The Bertz CT molecular complexity index is 1090. The van der Waals surface area contributed by atoms with Crippen molar-refractivity contribution in [2.24, 2.45) is 4.99 Å². The third kappa shape index (κ3) is 3.56. The van der Waals surface area contributed by atoms with E-state index < -0.39 is 5.54 Å². The van der Waals surface area contributed by atoms with Crippen molar-refractivity contribution < 1.29 is 15.1 Å². The van der Waals surface area contributed by atoms with Crippen LogP contribution in [0.15, 0.2) is 23.5 Å². The number of fused-ring (bicyclic) bond motifs is 2. The van der Waals surface area contributed by atoms with Crippen LogP contribution in [0.1, 0.15) is 73.0 Å². The average molecular weight is 425 g/mol. The number of nitrogens with zero attached hydrogens (tertiary/aromatic N) is 4. The van der Waals surface area contributed by atoms with E-state index >= 15 is 0 Å². The summed E-state index contributed by atoms with van der Waals surface area (Å²) in [6, 6.07) is 3.61. The summed E-state index contributed by atoms with van der Waals surface area (Å²) in [6.45, 7) is 1.87. The van der Waals surface area contributed by atoms with Gasteiger partial charge < -0.3 is 20.9 Å². The summed E-state index contributed by atoms with van der Waals surface area (Å²) in [5.74, 6) is 0.917. The number of amides is 1. The van der Waals surface area contributed by atoms with Gasteiger partial charge in [-0.2, -0.15) is 4.73 Å². The molecule has 9 heteroatoms. The first-order chi connectivity index (χ1) is 14.9. The minimum Gasteiger partial charge on any atom is -0.427 e. The van der Waals surface area contributed by atoms with Crippen molar-refractivity contribution in [3.05, 3.63) is 40.8 Å². The van der Waals surface area contributed by atoms with E-state index in [-0.39, 0.29) is 18.1 Å². The van der Waals surface area contributed by atoms with E-state index in [4.69, 9.17) is 0 Å². The van der Waals surface area contributed by atoms with E-state index in [1.165, 1.54) is 6.33 Å². The number of carbonyl (C=O) groups is 1. The average Bonchev–Trinajstić information content (AvgIpc) is 3.27. The number of aliphatic hydroxyl groups excluding tert-OH is 1. The second-order valence-corrected chi connectivity index (χ2v) is 9.00. The fourth-order valence-electron chi connectivity index (χ4n) is 5.30. The molecule has 0 radical (unpaired) electrons. The number of nitrogens with one attached hydrogen (secondary N) is 2. The summed E-state index contributed by atoms with van der Waals surface area (Å²) in [4.78, 5) is 25.8. The van der Waals surface area contributed by atoms with Gasteiger partial charge in [0, 0.05) is 12.1 Å². The molecule has 2 fully saturated rings. The standard InChI is InChI=1S/C22H28N6O3/c1-13-9-18(26-17-11-16(23-12-24-17)25-14-5-6-15(29)10-14)28(31)20-19(13)21(30)27-22(20)7-3-2-4-8-22/h9,11-12,14-15,29,31H,2-8,10H2,1H3,(H,27,30)(H,23,24,25)/t14-,15+/m0/s1. The topological polar surface area (TPSA) is 125 Å². The molecule has 3 aliphatic rings. The maximum absolute atomic E-state index is 12.7. The molecule has 31 heavy (non-hydrogen) atoms. The third-order valence-corrected chi connectivity index (χ3v) is 6.78. The molecule has 0 saturated heterocycles. The number of aliphatic hydroxyl groups is 1. The predicted molar refractivity (Wildman–Crippen MR) is 113 cm³/mol. The lowest BCUT2D eigenvalue weighted by atomic mass is 9.79. The van der Waals surface area contributed by atoms with Crippen molar-refractivity contribution in [2.75, 3.05) is 5.32 Å². The molecule has 1 aliphatic heterocycles. The summed E-state index contributed by atoms with van der Waals surface area (Å²) in [7, 11) is 0. The molecular formula is C22H28N6O3. The third-order valence-electron chi connectivity index (χ3n) is 6.78. The van der Waals surface area contributed by atoms with Gasteiger partial charge in [-0.05, 0) is 50.7 Å². The summed E-state index contributed by atoms with van der Waals surface area (Å²) in [5, 5.41) is 27.3. The summed E-state index contributed by atoms with van der Waals surface area (Å²) >= 11 is 0. The lowest BCUT2D eigenvalue weighted by Gasteiger charge is -2.34. The van der Waals surface area contributed by atoms with Gasteiger partial charge >= 0.3 is 0 Å². The van der Waals surface area contributed by atoms with Crippen LogP contribution in [0, 0.1) is 6.92 Å². The molecule has 5 rings (SSSR count). The van der Waals surface area contributed by atoms with Crippen LogP contribution in [0.5, 0.6) is 0 Å². The Labute approximate surface area is 180 Å². The summed E-state index contributed by atoms with van der Waals surface area (Å²) < 4.78 is 1.06. The Balaban J connectivity index is 1.53. The Morgan fingerprint density at radius 3 is 2.77 bits per heavy atom. The van der Waals surface area contributed by atoms with E-state index in [9.17, 15) is 15.1 Å². The van der Waals surface area contributed by atoms with Gasteiger partial charge in [0.1, 0.15) is 12.1 Å². The molecule has 9 nitrogen and oxygen atoms in total. The normalized spacial score (nSPS) is 25.0. The zero-order chi connectivity index (χ0) is 21.6. The Kier molecular flexibility index (Phi) is 4.92. The van der Waals surface area contributed by atoms with Gasteiger partial charge in [-0.3, -0.25) is 4.79 Å². The second kappa shape index (κ2) is 7.64. The molecule has 2 aromatic heterocycles. The molecule has 1 spiro atoms. The molecule has 2 atom stereocenters. The first-order valence-electron chi connectivity index (χ1n) is 11.1. The van der Waals surface area contributed by atoms with Crippen molar-refractivity contribution in [3.63, 3.8) is 0 Å². The SMILES string of the molecule is Cc1cc(=Nc2cc(N[C@H]3CC[C@@H](O)C3)ncn2)n(O)c2c1C(=O)NC21CCCCC1. The van der Waals surface area contributed by atoms with Crippen LogP contribution in [-0.2, 0) is 5.54 Å². The molecule has 0 aromatic carbocycles. The van der Waals surface area contributed by atoms with Gasteiger partial charge in [0.2, 0.25) is 0 Å². The minimum absolute atomic E-state index is 0.129. The smallest absolute Gasteiger partial charge is 0.254 e. The fourth-order valence-corrected chi connectivity index (χ4v) is 5.30. The molecule has 4 N–H and O–H groups in total. The van der Waals surface area contributed by atoms with Crippen molar-refractivity contribution >= 4 is 17.5 Å². The van der Waals surface area contributed by atoms with Crippen LogP contribution in [-0.4, -0.2) is 43.1 Å². The van der Waals surface area contributed by atoms with Crippen LogP contribution in [0.2, 0.25) is 0 Å². The van der Waals surface area contributed by atoms with E-state index in [0.29, 0.717) is 34.8 Å². The van der Waals surface area contributed by atoms with Crippen LogP contribution in [0.25, 0.3) is 0 Å². The monoisotopic (exact) mass is 424 g/mol. The number of hydrogen-bond donors (Lipinski definition) is 4. The lowest BCUT2D eigenvalue weighted by Crippen LogP contribution is -2.43. The van der Waals surface area contributed by atoms with E-state index in [1.54, 1.807) is 12.1 Å². The highest BCUT2D eigenvalue weighted by molar-refractivity contribution is 6.00. The van der Waals surface area contributed by atoms with Crippen molar-refractivity contribution in [2.45, 2.75) is 76.0 Å². The highest BCUT2D eigenvalue weighted by Gasteiger charge is 2.47. The Morgan fingerprint density at radius 2 is 2.03 bits per heavy atom.